The van der Waals surface area contributed by atoms with Crippen LogP contribution in [0.1, 0.15) is 31.9 Å². The first-order valence-electron chi connectivity index (χ1n) is 11.2. The van der Waals surface area contributed by atoms with Crippen LogP contribution in [0, 0.1) is 0 Å². The number of halogens is 1. The van der Waals surface area contributed by atoms with Crippen molar-refractivity contribution >= 4 is 55.2 Å². The van der Waals surface area contributed by atoms with Gasteiger partial charge in [-0.25, -0.2) is 0 Å². The van der Waals surface area contributed by atoms with E-state index in [4.69, 9.17) is 0 Å². The van der Waals surface area contributed by atoms with E-state index in [1.165, 1.54) is 44.3 Å². The van der Waals surface area contributed by atoms with E-state index in [0.29, 0.717) is 6.54 Å². The minimum absolute atomic E-state index is 0.116. The van der Waals surface area contributed by atoms with Gasteiger partial charge in [-0.15, -0.1) is 0 Å². The second kappa shape index (κ2) is 8.02. The van der Waals surface area contributed by atoms with E-state index < -0.39 is 0 Å². The zero-order chi connectivity index (χ0) is 22.5. The van der Waals surface area contributed by atoms with Gasteiger partial charge in [0.25, 0.3) is 0 Å². The minimum atomic E-state index is -0.146. The third-order valence-corrected chi connectivity index (χ3v) is 7.22. The standard InChI is InChI=1S/C28H28BrN2O/c1-4-30-24-8-6-5-7-21(24)22-17-19(9-12-25(22)30)10-14-27-28(2,3)23-18-20(29)11-13-26(23)31(27)15-16-32/h5-14,17-18,32H,4,15-16H2,1-3H3/q+1. The number of para-hydroxylation sites is 1. The van der Waals surface area contributed by atoms with E-state index in [9.17, 15) is 5.11 Å². The maximum Gasteiger partial charge on any atom is 0.209 e. The third-order valence-electron chi connectivity index (χ3n) is 6.72. The highest BCUT2D eigenvalue weighted by Crippen LogP contribution is 2.41. The summed E-state index contributed by atoms with van der Waals surface area (Å²) in [4.78, 5) is 0. The van der Waals surface area contributed by atoms with E-state index in [-0.39, 0.29) is 12.0 Å². The maximum absolute atomic E-state index is 9.73. The summed E-state index contributed by atoms with van der Waals surface area (Å²) in [5, 5.41) is 12.3. The van der Waals surface area contributed by atoms with Gasteiger partial charge >= 0.3 is 0 Å². The Labute approximate surface area is 197 Å². The second-order valence-corrected chi connectivity index (χ2v) is 9.83. The molecule has 4 heteroatoms. The fourth-order valence-electron chi connectivity index (χ4n) is 5.18. The monoisotopic (exact) mass is 487 g/mol. The molecule has 0 amide bonds. The van der Waals surface area contributed by atoms with Crippen LogP contribution in [0.15, 0.2) is 71.2 Å². The van der Waals surface area contributed by atoms with E-state index in [0.717, 1.165) is 11.0 Å². The Hall–Kier alpha value is -2.69. The van der Waals surface area contributed by atoms with Crippen molar-refractivity contribution in [1.82, 2.24) is 4.57 Å². The van der Waals surface area contributed by atoms with Crippen molar-refractivity contribution in [3.63, 3.8) is 0 Å². The predicted octanol–water partition coefficient (Wildman–Crippen LogP) is 6.66. The van der Waals surface area contributed by atoms with Crippen LogP contribution in [0.5, 0.6) is 0 Å². The maximum atomic E-state index is 9.73. The van der Waals surface area contributed by atoms with E-state index in [1.807, 2.05) is 0 Å². The lowest BCUT2D eigenvalue weighted by Gasteiger charge is -2.15. The van der Waals surface area contributed by atoms with Crippen molar-refractivity contribution < 1.29 is 9.68 Å². The average Bonchev–Trinajstić information content (AvgIpc) is 3.21. The normalized spacial score (nSPS) is 15.4. The molecule has 0 saturated heterocycles. The summed E-state index contributed by atoms with van der Waals surface area (Å²) >= 11 is 3.62. The van der Waals surface area contributed by atoms with Crippen LogP contribution < -0.4 is 0 Å². The zero-order valence-electron chi connectivity index (χ0n) is 18.8. The van der Waals surface area contributed by atoms with Gasteiger partial charge in [-0.05, 0) is 62.7 Å². The smallest absolute Gasteiger partial charge is 0.209 e. The van der Waals surface area contributed by atoms with E-state index in [2.05, 4.69) is 119 Å². The van der Waals surface area contributed by atoms with Crippen LogP contribution >= 0.6 is 15.9 Å². The molecule has 0 aliphatic carbocycles. The molecule has 2 heterocycles. The molecule has 162 valence electrons. The van der Waals surface area contributed by atoms with Crippen molar-refractivity contribution in [1.29, 1.82) is 0 Å². The van der Waals surface area contributed by atoms with Gasteiger partial charge in [0.05, 0.1) is 5.41 Å². The van der Waals surface area contributed by atoms with Gasteiger partial charge in [-0.1, -0.05) is 40.2 Å². The Morgan fingerprint density at radius 2 is 1.75 bits per heavy atom. The van der Waals surface area contributed by atoms with Crippen LogP contribution in [0.2, 0.25) is 0 Å². The molecule has 1 aliphatic rings. The molecule has 0 bridgehead atoms. The van der Waals surface area contributed by atoms with Gasteiger partial charge in [0.2, 0.25) is 5.69 Å². The van der Waals surface area contributed by atoms with Crippen molar-refractivity contribution in [2.45, 2.75) is 32.7 Å². The van der Waals surface area contributed by atoms with Crippen molar-refractivity contribution in [2.24, 2.45) is 0 Å². The second-order valence-electron chi connectivity index (χ2n) is 8.92. The van der Waals surface area contributed by atoms with Crippen molar-refractivity contribution in [3.8, 4) is 0 Å². The topological polar surface area (TPSA) is 28.2 Å². The van der Waals surface area contributed by atoms with Gasteiger partial charge in [0.1, 0.15) is 6.61 Å². The number of aliphatic hydroxyl groups is 1. The number of aliphatic hydroxyl groups excluding tert-OH is 1. The summed E-state index contributed by atoms with van der Waals surface area (Å²) in [5.41, 5.74) is 7.26. The van der Waals surface area contributed by atoms with Crippen LogP contribution in [0.4, 0.5) is 5.69 Å². The Balaban J connectivity index is 1.61. The lowest BCUT2D eigenvalue weighted by atomic mass is 9.81. The number of β-amino-alcohol motifs (C(OH)–C–C–N with tert-alkyl or cyclic N) is 1. The van der Waals surface area contributed by atoms with Gasteiger partial charge in [0.15, 0.2) is 12.3 Å². The SMILES string of the molecule is CCn1c2ccccc2c2cc(/C=C/C3=[N+](CCO)c4ccc(Br)cc4C3(C)C)ccc21. The molecule has 3 nitrogen and oxygen atoms in total. The van der Waals surface area contributed by atoms with Gasteiger partial charge in [-0.2, -0.15) is 4.58 Å². The molecule has 0 saturated carbocycles. The number of rotatable bonds is 5. The molecular weight excluding hydrogens is 460 g/mol. The molecule has 32 heavy (non-hydrogen) atoms. The molecule has 4 aromatic rings. The largest absolute Gasteiger partial charge is 0.390 e. The molecular formula is C28H28BrN2O+. The molecule has 1 aliphatic heterocycles. The Morgan fingerprint density at radius 1 is 0.969 bits per heavy atom. The molecule has 0 spiro atoms. The quantitative estimate of drug-likeness (QED) is 0.313. The Morgan fingerprint density at radius 3 is 2.53 bits per heavy atom. The molecule has 1 aromatic heterocycles. The summed E-state index contributed by atoms with van der Waals surface area (Å²) in [6.07, 6.45) is 4.43. The fourth-order valence-corrected chi connectivity index (χ4v) is 5.54. The van der Waals surface area contributed by atoms with Crippen LogP contribution in [-0.2, 0) is 12.0 Å². The summed E-state index contributed by atoms with van der Waals surface area (Å²) in [7, 11) is 0. The van der Waals surface area contributed by atoms with Crippen LogP contribution in [0.3, 0.4) is 0 Å². The lowest BCUT2D eigenvalue weighted by molar-refractivity contribution is -0.440. The number of aryl methyl sites for hydroxylation is 1. The molecule has 5 rings (SSSR count). The number of benzene rings is 3. The Kier molecular flexibility index (Phi) is 5.31. The first-order valence-corrected chi connectivity index (χ1v) is 12.0. The summed E-state index contributed by atoms with van der Waals surface area (Å²) < 4.78 is 5.71. The molecule has 0 fully saturated rings. The van der Waals surface area contributed by atoms with E-state index in [1.54, 1.807) is 0 Å². The number of aromatic nitrogens is 1. The molecule has 0 unspecified atom stereocenters. The third kappa shape index (κ3) is 3.25. The predicted molar refractivity (Wildman–Crippen MR) is 138 cm³/mol. The first kappa shape index (κ1) is 21.2. The van der Waals surface area contributed by atoms with Crippen LogP contribution in [-0.4, -0.2) is 33.1 Å². The van der Waals surface area contributed by atoms with Gasteiger partial charge in [0, 0.05) is 50.5 Å². The van der Waals surface area contributed by atoms with Crippen molar-refractivity contribution in [2.75, 3.05) is 13.2 Å². The van der Waals surface area contributed by atoms with Crippen LogP contribution in [0.25, 0.3) is 27.9 Å². The average molecular weight is 488 g/mol. The van der Waals surface area contributed by atoms with Gasteiger partial charge < -0.3 is 9.67 Å². The summed E-state index contributed by atoms with van der Waals surface area (Å²) in [6, 6.07) is 21.8. The van der Waals surface area contributed by atoms with Gasteiger partial charge in [-0.3, -0.25) is 0 Å². The van der Waals surface area contributed by atoms with Crippen molar-refractivity contribution in [3.05, 3.63) is 82.3 Å². The molecule has 3 aromatic carbocycles. The molecule has 0 atom stereocenters. The summed E-state index contributed by atoms with van der Waals surface area (Å²) in [6.45, 7) is 8.37. The summed E-state index contributed by atoms with van der Waals surface area (Å²) in [5.74, 6) is 0. The number of nitrogens with zero attached hydrogens (tertiary/aromatic N) is 2. The lowest BCUT2D eigenvalue weighted by Crippen LogP contribution is -2.28. The first-order chi connectivity index (χ1) is 15.5. The Bertz CT molecular complexity index is 1410. The highest BCUT2D eigenvalue weighted by Gasteiger charge is 2.44. The molecule has 0 radical (unpaired) electrons. The zero-order valence-corrected chi connectivity index (χ0v) is 20.4. The van der Waals surface area contributed by atoms with E-state index >= 15 is 0 Å². The number of fused-ring (bicyclic) bond motifs is 4. The highest BCUT2D eigenvalue weighted by molar-refractivity contribution is 9.10. The number of hydrogen-bond donors (Lipinski definition) is 1. The molecule has 1 N–H and O–H groups in total. The number of allylic oxidation sites excluding steroid dienone is 1. The highest BCUT2D eigenvalue weighted by atomic mass is 79.9. The number of hydrogen-bond acceptors (Lipinski definition) is 1. The fraction of sp³-hybridized carbons (Fsp3) is 0.250. The minimum Gasteiger partial charge on any atom is -0.390 e.